The molecule has 0 atom stereocenters. The smallest absolute Gasteiger partial charge is 0.303 e. The van der Waals surface area contributed by atoms with Crippen LogP contribution in [0.3, 0.4) is 0 Å². The van der Waals surface area contributed by atoms with Crippen molar-refractivity contribution in [3.8, 4) is 0 Å². The minimum absolute atomic E-state index is 0.0413. The third kappa shape index (κ3) is 3.88. The molecule has 2 aromatic carbocycles. The highest BCUT2D eigenvalue weighted by Gasteiger charge is 2.19. The lowest BCUT2D eigenvalue weighted by Crippen LogP contribution is -2.15. The topological polar surface area (TPSA) is 114 Å². The average Bonchev–Trinajstić information content (AvgIpc) is 2.59. The first-order chi connectivity index (χ1) is 11.4. The van der Waals surface area contributed by atoms with Gasteiger partial charge in [0.1, 0.15) is 0 Å². The molecule has 2 aromatic rings. The third-order valence-corrected chi connectivity index (χ3v) is 3.40. The van der Waals surface area contributed by atoms with Gasteiger partial charge >= 0.3 is 5.69 Å². The molecule has 24 heavy (non-hydrogen) atoms. The first-order valence-corrected chi connectivity index (χ1v) is 7.08. The highest BCUT2D eigenvalue weighted by Crippen LogP contribution is 2.32. The second-order valence-corrected chi connectivity index (χ2v) is 4.92. The van der Waals surface area contributed by atoms with Crippen LogP contribution in [-0.4, -0.2) is 23.4 Å². The summed E-state index contributed by atoms with van der Waals surface area (Å²) >= 11 is 0. The van der Waals surface area contributed by atoms with Crippen LogP contribution in [0.4, 0.5) is 28.4 Å². The molecule has 0 N–H and O–H groups in total. The monoisotopic (exact) mass is 329 g/mol. The summed E-state index contributed by atoms with van der Waals surface area (Å²) in [4.78, 5) is 22.4. The quantitative estimate of drug-likeness (QED) is 0.443. The minimum atomic E-state index is -0.722. The first kappa shape index (κ1) is 17.0. The van der Waals surface area contributed by atoms with Crippen molar-refractivity contribution in [2.24, 2.45) is 10.2 Å². The fraction of sp³-hybridized carbons (Fsp3) is 0.200. The molecule has 124 valence electrons. The fourth-order valence-corrected chi connectivity index (χ4v) is 1.92. The van der Waals surface area contributed by atoms with Crippen LogP contribution in [0.2, 0.25) is 0 Å². The molecule has 0 aromatic heterocycles. The van der Waals surface area contributed by atoms with Gasteiger partial charge < -0.3 is 4.90 Å². The molecule has 0 radical (unpaired) electrons. The number of azo groups is 1. The molecule has 0 fully saturated rings. The standard InChI is InChI=1S/C15H15N5O4/c1-3-18(2)12-6-4-11(5-7-12)16-17-14-9-8-13(19(21)22)10-15(14)20(23)24/h4-10H,3H2,1-2H3. The van der Waals surface area contributed by atoms with Crippen molar-refractivity contribution >= 4 is 28.4 Å². The number of non-ortho nitro benzene ring substituents is 1. The molecule has 0 unspecified atom stereocenters. The molecular formula is C15H15N5O4. The van der Waals surface area contributed by atoms with E-state index < -0.39 is 15.5 Å². The number of rotatable bonds is 6. The second-order valence-electron chi connectivity index (χ2n) is 4.92. The maximum atomic E-state index is 11.0. The van der Waals surface area contributed by atoms with E-state index >= 15 is 0 Å². The zero-order chi connectivity index (χ0) is 17.7. The zero-order valence-corrected chi connectivity index (χ0v) is 13.1. The maximum absolute atomic E-state index is 11.0. The normalized spacial score (nSPS) is 10.8. The van der Waals surface area contributed by atoms with E-state index in [9.17, 15) is 20.2 Å². The van der Waals surface area contributed by atoms with Crippen LogP contribution < -0.4 is 4.90 Å². The van der Waals surface area contributed by atoms with Gasteiger partial charge in [0.15, 0.2) is 5.69 Å². The van der Waals surface area contributed by atoms with Crippen LogP contribution in [0, 0.1) is 20.2 Å². The molecule has 0 saturated carbocycles. The van der Waals surface area contributed by atoms with Crippen LogP contribution >= 0.6 is 0 Å². The maximum Gasteiger partial charge on any atom is 0.303 e. The molecule has 0 aliphatic rings. The molecule has 0 heterocycles. The lowest BCUT2D eigenvalue weighted by atomic mass is 10.2. The Bertz CT molecular complexity index is 789. The van der Waals surface area contributed by atoms with Gasteiger partial charge in [-0.1, -0.05) is 0 Å². The van der Waals surface area contributed by atoms with Gasteiger partial charge in [-0.05, 0) is 37.3 Å². The van der Waals surface area contributed by atoms with Crippen LogP contribution in [-0.2, 0) is 0 Å². The SMILES string of the molecule is CCN(C)c1ccc(N=Nc2ccc([N+](=O)[O-])cc2[N+](=O)[O-])cc1. The number of nitro groups is 2. The van der Waals surface area contributed by atoms with Gasteiger partial charge in [0.25, 0.3) is 5.69 Å². The Morgan fingerprint density at radius 3 is 2.21 bits per heavy atom. The van der Waals surface area contributed by atoms with Crippen molar-refractivity contribution in [2.45, 2.75) is 6.92 Å². The Balaban J connectivity index is 2.28. The summed E-state index contributed by atoms with van der Waals surface area (Å²) in [7, 11) is 1.96. The molecule has 0 spiro atoms. The summed E-state index contributed by atoms with van der Waals surface area (Å²) in [6.45, 7) is 2.89. The second kappa shape index (κ2) is 7.27. The Kier molecular flexibility index (Phi) is 5.15. The summed E-state index contributed by atoms with van der Waals surface area (Å²) in [6, 6.07) is 10.4. The van der Waals surface area contributed by atoms with E-state index in [1.807, 2.05) is 31.0 Å². The number of hydrogen-bond donors (Lipinski definition) is 0. The Morgan fingerprint density at radius 1 is 1.00 bits per heavy atom. The van der Waals surface area contributed by atoms with Crippen molar-refractivity contribution in [3.63, 3.8) is 0 Å². The average molecular weight is 329 g/mol. The van der Waals surface area contributed by atoms with Crippen molar-refractivity contribution in [1.82, 2.24) is 0 Å². The summed E-state index contributed by atoms with van der Waals surface area (Å²) in [5, 5.41) is 29.5. The molecule has 0 amide bonds. The minimum Gasteiger partial charge on any atom is -0.375 e. The number of anilines is 1. The Labute approximate surface area is 137 Å². The number of nitro benzene ring substituents is 2. The lowest BCUT2D eigenvalue weighted by Gasteiger charge is -2.16. The van der Waals surface area contributed by atoms with Gasteiger partial charge in [-0.15, -0.1) is 5.11 Å². The highest BCUT2D eigenvalue weighted by molar-refractivity contribution is 5.62. The summed E-state index contributed by atoms with van der Waals surface area (Å²) in [5.74, 6) is 0. The van der Waals surface area contributed by atoms with Crippen LogP contribution in [0.15, 0.2) is 52.7 Å². The molecule has 2 rings (SSSR count). The van der Waals surface area contributed by atoms with Crippen LogP contribution in [0.1, 0.15) is 6.92 Å². The van der Waals surface area contributed by atoms with Gasteiger partial charge in [-0.25, -0.2) is 0 Å². The third-order valence-electron chi connectivity index (χ3n) is 3.40. The molecular weight excluding hydrogens is 314 g/mol. The molecule has 0 bridgehead atoms. The predicted octanol–water partition coefficient (Wildman–Crippen LogP) is 4.37. The van der Waals surface area contributed by atoms with Gasteiger partial charge in [0.05, 0.1) is 21.6 Å². The van der Waals surface area contributed by atoms with Crippen molar-refractivity contribution in [3.05, 3.63) is 62.7 Å². The van der Waals surface area contributed by atoms with Gasteiger partial charge in [0.2, 0.25) is 0 Å². The van der Waals surface area contributed by atoms with Crippen LogP contribution in [0.5, 0.6) is 0 Å². The van der Waals surface area contributed by atoms with Crippen molar-refractivity contribution < 1.29 is 9.85 Å². The zero-order valence-electron chi connectivity index (χ0n) is 13.1. The Hall–Kier alpha value is -3.36. The predicted molar refractivity (Wildman–Crippen MR) is 89.3 cm³/mol. The fourth-order valence-electron chi connectivity index (χ4n) is 1.92. The molecule has 9 heteroatoms. The molecule has 0 aliphatic heterocycles. The van der Waals surface area contributed by atoms with E-state index in [-0.39, 0.29) is 11.4 Å². The van der Waals surface area contributed by atoms with E-state index in [4.69, 9.17) is 0 Å². The first-order valence-electron chi connectivity index (χ1n) is 7.08. The molecule has 0 saturated heterocycles. The van der Waals surface area contributed by atoms with Crippen molar-refractivity contribution in [1.29, 1.82) is 0 Å². The van der Waals surface area contributed by atoms with E-state index in [1.54, 1.807) is 12.1 Å². The van der Waals surface area contributed by atoms with Gasteiger partial charge in [-0.2, -0.15) is 5.11 Å². The molecule has 9 nitrogen and oxygen atoms in total. The largest absolute Gasteiger partial charge is 0.375 e. The summed E-state index contributed by atoms with van der Waals surface area (Å²) in [5.41, 5.74) is 0.664. The summed E-state index contributed by atoms with van der Waals surface area (Å²) in [6.07, 6.45) is 0. The number of nitrogens with zero attached hydrogens (tertiary/aromatic N) is 5. The van der Waals surface area contributed by atoms with E-state index in [1.165, 1.54) is 6.07 Å². The van der Waals surface area contributed by atoms with Gasteiger partial charge in [0, 0.05) is 25.3 Å². The van der Waals surface area contributed by atoms with Crippen molar-refractivity contribution in [2.75, 3.05) is 18.5 Å². The van der Waals surface area contributed by atoms with Crippen LogP contribution in [0.25, 0.3) is 0 Å². The lowest BCUT2D eigenvalue weighted by molar-refractivity contribution is -0.393. The molecule has 0 aliphatic carbocycles. The van der Waals surface area contributed by atoms with E-state index in [0.717, 1.165) is 24.4 Å². The van der Waals surface area contributed by atoms with E-state index in [2.05, 4.69) is 10.2 Å². The van der Waals surface area contributed by atoms with Gasteiger partial charge in [-0.3, -0.25) is 20.2 Å². The Morgan fingerprint density at radius 2 is 1.67 bits per heavy atom. The number of benzene rings is 2. The number of hydrogen-bond acceptors (Lipinski definition) is 7. The highest BCUT2D eigenvalue weighted by atomic mass is 16.6. The van der Waals surface area contributed by atoms with E-state index in [0.29, 0.717) is 5.69 Å². The summed E-state index contributed by atoms with van der Waals surface area (Å²) < 4.78 is 0.